The van der Waals surface area contributed by atoms with Crippen molar-refractivity contribution in [2.75, 3.05) is 19.0 Å². The Kier molecular flexibility index (Phi) is 4.51. The smallest absolute Gasteiger partial charge is 0.271 e. The molecule has 1 aromatic heterocycles. The second-order valence-corrected chi connectivity index (χ2v) is 5.38. The molecule has 6 nitrogen and oxygen atoms in total. The van der Waals surface area contributed by atoms with Gasteiger partial charge in [0.05, 0.1) is 11.3 Å². The molecule has 1 aromatic carbocycles. The fourth-order valence-corrected chi connectivity index (χ4v) is 2.17. The van der Waals surface area contributed by atoms with Gasteiger partial charge in [0.2, 0.25) is 5.88 Å². The Balaban J connectivity index is 2.46. The molecule has 118 valence electrons. The van der Waals surface area contributed by atoms with E-state index in [1.807, 2.05) is 49.3 Å². The van der Waals surface area contributed by atoms with Gasteiger partial charge in [-0.05, 0) is 36.8 Å². The lowest BCUT2D eigenvalue weighted by Crippen LogP contribution is -2.22. The summed E-state index contributed by atoms with van der Waals surface area (Å²) >= 11 is 0. The molecule has 0 saturated heterocycles. The first kappa shape index (κ1) is 16.3. The third-order valence-electron chi connectivity index (χ3n) is 3.68. The molecular weight excluding hydrogens is 292 g/mol. The average Bonchev–Trinajstić information content (AvgIpc) is 2.54. The first-order chi connectivity index (χ1) is 10.9. The molecule has 1 heterocycles. The standard InChI is InChI=1S/C17H18N4O2/c1-11-14(9-18)16(22)21(4)17(23)15(11)10-19-12-5-7-13(8-6-12)20(2)3/h5-8,10,23H,1-4H3. The lowest BCUT2D eigenvalue weighted by Gasteiger charge is -2.12. The van der Waals surface area contributed by atoms with Gasteiger partial charge in [-0.1, -0.05) is 0 Å². The Morgan fingerprint density at radius 3 is 2.43 bits per heavy atom. The third kappa shape index (κ3) is 3.09. The summed E-state index contributed by atoms with van der Waals surface area (Å²) in [7, 11) is 5.32. The van der Waals surface area contributed by atoms with Crippen molar-refractivity contribution in [2.45, 2.75) is 6.92 Å². The molecule has 0 bridgehead atoms. The minimum absolute atomic E-state index is 0.00899. The van der Waals surface area contributed by atoms with Crippen LogP contribution in [0.15, 0.2) is 34.1 Å². The predicted octanol–water partition coefficient (Wildman–Crippen LogP) is 2.09. The van der Waals surface area contributed by atoms with Crippen LogP contribution in [0.4, 0.5) is 11.4 Å². The van der Waals surface area contributed by atoms with Crippen LogP contribution in [0.3, 0.4) is 0 Å². The molecule has 0 atom stereocenters. The summed E-state index contributed by atoms with van der Waals surface area (Å²) in [6, 6.07) is 9.45. The van der Waals surface area contributed by atoms with Crippen molar-refractivity contribution in [3.05, 3.63) is 51.3 Å². The largest absolute Gasteiger partial charge is 0.494 e. The highest BCUT2D eigenvalue weighted by atomic mass is 16.3. The Labute approximate surface area is 134 Å². The van der Waals surface area contributed by atoms with E-state index in [4.69, 9.17) is 5.26 Å². The molecule has 0 radical (unpaired) electrons. The molecule has 0 aliphatic rings. The minimum atomic E-state index is -0.519. The third-order valence-corrected chi connectivity index (χ3v) is 3.68. The van der Waals surface area contributed by atoms with Crippen molar-refractivity contribution in [1.29, 1.82) is 5.26 Å². The van der Waals surface area contributed by atoms with Crippen LogP contribution in [0.5, 0.6) is 5.88 Å². The van der Waals surface area contributed by atoms with Crippen molar-refractivity contribution in [3.8, 4) is 11.9 Å². The van der Waals surface area contributed by atoms with Crippen LogP contribution in [0.1, 0.15) is 16.7 Å². The van der Waals surface area contributed by atoms with Crippen LogP contribution in [0, 0.1) is 18.3 Å². The van der Waals surface area contributed by atoms with Crippen molar-refractivity contribution in [2.24, 2.45) is 12.0 Å². The summed E-state index contributed by atoms with van der Waals surface area (Å²) < 4.78 is 1.04. The maximum absolute atomic E-state index is 11.9. The quantitative estimate of drug-likeness (QED) is 0.880. The summed E-state index contributed by atoms with van der Waals surface area (Å²) in [4.78, 5) is 18.2. The molecule has 1 N–H and O–H groups in total. The topological polar surface area (TPSA) is 81.6 Å². The predicted molar refractivity (Wildman–Crippen MR) is 90.8 cm³/mol. The van der Waals surface area contributed by atoms with E-state index in [-0.39, 0.29) is 11.4 Å². The van der Waals surface area contributed by atoms with Gasteiger partial charge in [0.25, 0.3) is 5.56 Å². The van der Waals surface area contributed by atoms with Crippen LogP contribution >= 0.6 is 0 Å². The molecule has 0 aliphatic carbocycles. The fourth-order valence-electron chi connectivity index (χ4n) is 2.17. The summed E-state index contributed by atoms with van der Waals surface area (Å²) in [5.41, 5.74) is 2.03. The number of benzene rings is 1. The van der Waals surface area contributed by atoms with Gasteiger partial charge in [-0.3, -0.25) is 14.4 Å². The first-order valence-electron chi connectivity index (χ1n) is 7.01. The Hall–Kier alpha value is -3.07. The van der Waals surface area contributed by atoms with E-state index in [0.717, 1.165) is 10.3 Å². The molecule has 0 fully saturated rings. The van der Waals surface area contributed by atoms with Crippen LogP contribution in [-0.2, 0) is 7.05 Å². The van der Waals surface area contributed by atoms with E-state index < -0.39 is 5.56 Å². The van der Waals surface area contributed by atoms with Gasteiger partial charge in [-0.15, -0.1) is 0 Å². The summed E-state index contributed by atoms with van der Waals surface area (Å²) in [5, 5.41) is 19.2. The van der Waals surface area contributed by atoms with E-state index >= 15 is 0 Å². The zero-order valence-electron chi connectivity index (χ0n) is 13.5. The molecular formula is C17H18N4O2. The van der Waals surface area contributed by atoms with Crippen molar-refractivity contribution in [3.63, 3.8) is 0 Å². The Bertz CT molecular complexity index is 856. The van der Waals surface area contributed by atoms with E-state index in [1.165, 1.54) is 13.3 Å². The van der Waals surface area contributed by atoms with Crippen molar-refractivity contribution >= 4 is 17.6 Å². The van der Waals surface area contributed by atoms with E-state index in [1.54, 1.807) is 6.92 Å². The van der Waals surface area contributed by atoms with Crippen LogP contribution in [-0.4, -0.2) is 30.0 Å². The highest BCUT2D eigenvalue weighted by Crippen LogP contribution is 2.21. The molecule has 0 saturated carbocycles. The van der Waals surface area contributed by atoms with Gasteiger partial charge in [0, 0.05) is 33.0 Å². The van der Waals surface area contributed by atoms with Gasteiger partial charge >= 0.3 is 0 Å². The molecule has 6 heteroatoms. The number of rotatable bonds is 3. The number of nitriles is 1. The number of nitrogens with zero attached hydrogens (tertiary/aromatic N) is 4. The van der Waals surface area contributed by atoms with Gasteiger partial charge < -0.3 is 10.0 Å². The lowest BCUT2D eigenvalue weighted by molar-refractivity contribution is 0.421. The number of hydrogen-bond donors (Lipinski definition) is 1. The fraction of sp³-hybridized carbons (Fsp3) is 0.235. The van der Waals surface area contributed by atoms with Gasteiger partial charge in [-0.2, -0.15) is 5.26 Å². The summed E-state index contributed by atoms with van der Waals surface area (Å²) in [5.74, 6) is -0.208. The number of pyridine rings is 1. The molecule has 0 unspecified atom stereocenters. The number of aromatic hydroxyl groups is 1. The zero-order chi connectivity index (χ0) is 17.1. The molecule has 2 aromatic rings. The number of hydrogen-bond acceptors (Lipinski definition) is 5. The second kappa shape index (κ2) is 6.36. The molecule has 0 spiro atoms. The monoisotopic (exact) mass is 310 g/mol. The number of anilines is 1. The highest BCUT2D eigenvalue weighted by molar-refractivity contribution is 5.87. The SMILES string of the molecule is Cc1c(C=Nc2ccc(N(C)C)cc2)c(O)n(C)c(=O)c1C#N. The molecule has 0 aliphatic heterocycles. The lowest BCUT2D eigenvalue weighted by atomic mass is 10.1. The Morgan fingerprint density at radius 1 is 1.30 bits per heavy atom. The van der Waals surface area contributed by atoms with Gasteiger partial charge in [0.15, 0.2) is 0 Å². The molecule has 2 rings (SSSR count). The number of aliphatic imine (C=N–C) groups is 1. The summed E-state index contributed by atoms with van der Waals surface area (Å²) in [6.07, 6.45) is 1.47. The van der Waals surface area contributed by atoms with E-state index in [9.17, 15) is 9.90 Å². The van der Waals surface area contributed by atoms with Crippen LogP contribution < -0.4 is 10.5 Å². The molecule has 0 amide bonds. The average molecular weight is 310 g/mol. The minimum Gasteiger partial charge on any atom is -0.494 e. The molecule has 23 heavy (non-hydrogen) atoms. The Morgan fingerprint density at radius 2 is 1.91 bits per heavy atom. The zero-order valence-corrected chi connectivity index (χ0v) is 13.5. The van der Waals surface area contributed by atoms with E-state index in [2.05, 4.69) is 4.99 Å². The van der Waals surface area contributed by atoms with Crippen molar-refractivity contribution in [1.82, 2.24) is 4.57 Å². The first-order valence-corrected chi connectivity index (χ1v) is 7.01. The number of aromatic nitrogens is 1. The summed E-state index contributed by atoms with van der Waals surface area (Å²) in [6.45, 7) is 1.62. The van der Waals surface area contributed by atoms with E-state index in [0.29, 0.717) is 16.8 Å². The van der Waals surface area contributed by atoms with Crippen LogP contribution in [0.25, 0.3) is 0 Å². The second-order valence-electron chi connectivity index (χ2n) is 5.38. The maximum atomic E-state index is 11.9. The normalized spacial score (nSPS) is 10.7. The highest BCUT2D eigenvalue weighted by Gasteiger charge is 2.15. The van der Waals surface area contributed by atoms with Crippen molar-refractivity contribution < 1.29 is 5.11 Å². The van der Waals surface area contributed by atoms with Crippen LogP contribution in [0.2, 0.25) is 0 Å². The maximum Gasteiger partial charge on any atom is 0.271 e. The van der Waals surface area contributed by atoms with Gasteiger partial charge in [0.1, 0.15) is 11.6 Å². The van der Waals surface area contributed by atoms with Gasteiger partial charge in [-0.25, -0.2) is 0 Å².